The molecule has 36 heavy (non-hydrogen) atoms. The molecule has 0 saturated carbocycles. The Morgan fingerprint density at radius 2 is 1.75 bits per heavy atom. The third kappa shape index (κ3) is 7.84. The number of benzene rings is 2. The molecule has 1 aliphatic heterocycles. The molecule has 0 spiro atoms. The largest absolute Gasteiger partial charge is 0.497 e. The van der Waals surface area contributed by atoms with Crippen LogP contribution in [0, 0.1) is 6.92 Å². The second-order valence-corrected chi connectivity index (χ2v) is 9.92. The summed E-state index contributed by atoms with van der Waals surface area (Å²) >= 11 is 0. The number of nitrogens with zero attached hydrogens (tertiary/aromatic N) is 2. The van der Waals surface area contributed by atoms with E-state index in [0.29, 0.717) is 22.6 Å². The first-order valence-corrected chi connectivity index (χ1v) is 12.9. The highest BCUT2D eigenvalue weighted by molar-refractivity contribution is 7.90. The molecule has 2 aromatic carbocycles. The molecule has 0 fully saturated rings. The molecule has 3 rings (SSSR count). The van der Waals surface area contributed by atoms with Crippen LogP contribution in [-0.4, -0.2) is 64.3 Å². The first kappa shape index (κ1) is 26.7. The molecule has 9 heteroatoms. The van der Waals surface area contributed by atoms with Gasteiger partial charge in [0, 0.05) is 12.6 Å². The van der Waals surface area contributed by atoms with Crippen molar-refractivity contribution < 1.29 is 27.4 Å². The third-order valence-electron chi connectivity index (χ3n) is 5.26. The number of hydrogen-bond donors (Lipinski definition) is 0. The first-order valence-electron chi connectivity index (χ1n) is 11.3. The van der Waals surface area contributed by atoms with E-state index in [9.17, 15) is 13.2 Å². The molecule has 0 radical (unpaired) electrons. The summed E-state index contributed by atoms with van der Waals surface area (Å²) in [4.78, 5) is 14.5. The zero-order valence-electron chi connectivity index (χ0n) is 20.6. The summed E-state index contributed by atoms with van der Waals surface area (Å²) in [6.45, 7) is 6.02. The smallest absolute Gasteiger partial charge is 0.338 e. The maximum absolute atomic E-state index is 12.9. The predicted octanol–water partition coefficient (Wildman–Crippen LogP) is 3.95. The lowest BCUT2D eigenvalue weighted by molar-refractivity contribution is 0.0130. The molecule has 1 unspecified atom stereocenters. The molecule has 0 aliphatic carbocycles. The van der Waals surface area contributed by atoms with Gasteiger partial charge in [-0.15, -0.1) is 4.40 Å². The highest BCUT2D eigenvalue weighted by Crippen LogP contribution is 2.18. The van der Waals surface area contributed by atoms with Crippen LogP contribution in [0.2, 0.25) is 0 Å². The van der Waals surface area contributed by atoms with E-state index in [1.807, 2.05) is 19.1 Å². The van der Waals surface area contributed by atoms with Crippen LogP contribution in [0.5, 0.6) is 11.5 Å². The molecule has 0 N–H and O–H groups in total. The molecule has 8 nitrogen and oxygen atoms in total. The minimum atomic E-state index is -3.75. The van der Waals surface area contributed by atoms with Crippen LogP contribution in [0.15, 0.2) is 89.4 Å². The van der Waals surface area contributed by atoms with Crippen molar-refractivity contribution in [2.24, 2.45) is 4.40 Å². The average Bonchev–Trinajstić information content (AvgIpc) is 2.92. The maximum Gasteiger partial charge on any atom is 0.338 e. The van der Waals surface area contributed by atoms with E-state index in [0.717, 1.165) is 5.56 Å². The number of esters is 1. The normalized spacial score (nSPS) is 18.9. The molecular weight excluding hydrogens is 480 g/mol. The second kappa shape index (κ2) is 12.2. The lowest BCUT2D eigenvalue weighted by Gasteiger charge is -2.27. The van der Waals surface area contributed by atoms with Gasteiger partial charge in [0.1, 0.15) is 23.9 Å². The van der Waals surface area contributed by atoms with Crippen molar-refractivity contribution in [3.05, 3.63) is 96.1 Å². The van der Waals surface area contributed by atoms with Gasteiger partial charge in [0.25, 0.3) is 10.0 Å². The zero-order chi connectivity index (χ0) is 26.1. The van der Waals surface area contributed by atoms with Gasteiger partial charge >= 0.3 is 5.97 Å². The van der Waals surface area contributed by atoms with Crippen molar-refractivity contribution in [3.8, 4) is 11.5 Å². The Kier molecular flexibility index (Phi) is 9.08. The quantitative estimate of drug-likeness (QED) is 0.496. The van der Waals surface area contributed by atoms with Crippen LogP contribution in [0.4, 0.5) is 0 Å². The van der Waals surface area contributed by atoms with E-state index in [4.69, 9.17) is 14.2 Å². The monoisotopic (exact) mass is 510 g/mol. The minimum Gasteiger partial charge on any atom is -0.497 e. The van der Waals surface area contributed by atoms with Crippen LogP contribution < -0.4 is 9.47 Å². The Hall–Kier alpha value is -3.85. The number of methoxy groups -OCH3 is 1. The van der Waals surface area contributed by atoms with Gasteiger partial charge in [-0.05, 0) is 43.3 Å². The average molecular weight is 511 g/mol. The molecule has 190 valence electrons. The number of ether oxygens (including phenoxy) is 3. The highest BCUT2D eigenvalue weighted by atomic mass is 32.2. The van der Waals surface area contributed by atoms with Crippen LogP contribution in [0.3, 0.4) is 0 Å². The van der Waals surface area contributed by atoms with Crippen LogP contribution in [0.1, 0.15) is 15.9 Å². The second-order valence-electron chi connectivity index (χ2n) is 8.24. The van der Waals surface area contributed by atoms with E-state index in [1.165, 1.54) is 6.08 Å². The molecule has 1 heterocycles. The van der Waals surface area contributed by atoms with E-state index in [1.54, 1.807) is 73.7 Å². The van der Waals surface area contributed by atoms with Crippen LogP contribution in [0.25, 0.3) is 0 Å². The number of carbonyl (C=O) groups is 1. The van der Waals surface area contributed by atoms with Gasteiger partial charge in [-0.2, -0.15) is 0 Å². The lowest BCUT2D eigenvalue weighted by Crippen LogP contribution is -2.40. The molecule has 1 atom stereocenters. The molecule has 0 aromatic heterocycles. The van der Waals surface area contributed by atoms with Gasteiger partial charge < -0.3 is 19.1 Å². The molecular formula is C27H30N2O6S. The number of sulfonamides is 1. The summed E-state index contributed by atoms with van der Waals surface area (Å²) in [6.07, 6.45) is 5.78. The summed E-state index contributed by atoms with van der Waals surface area (Å²) in [7, 11) is -0.512. The van der Waals surface area contributed by atoms with Crippen LogP contribution >= 0.6 is 0 Å². The Labute approximate surface area is 212 Å². The lowest BCUT2D eigenvalue weighted by atomic mass is 10.1. The van der Waals surface area contributed by atoms with E-state index >= 15 is 0 Å². The Balaban J connectivity index is 1.81. The number of amidine groups is 1. The molecule has 0 amide bonds. The van der Waals surface area contributed by atoms with Gasteiger partial charge in [0.05, 0.1) is 25.0 Å². The topological polar surface area (TPSA) is 94.5 Å². The van der Waals surface area contributed by atoms with Crippen molar-refractivity contribution in [2.45, 2.75) is 13.0 Å². The summed E-state index contributed by atoms with van der Waals surface area (Å²) in [5.41, 5.74) is 1.83. The predicted molar refractivity (Wildman–Crippen MR) is 140 cm³/mol. The number of rotatable bonds is 8. The van der Waals surface area contributed by atoms with E-state index in [2.05, 4.69) is 11.0 Å². The van der Waals surface area contributed by atoms with Gasteiger partial charge in [0.15, 0.2) is 6.10 Å². The Morgan fingerprint density at radius 3 is 2.42 bits per heavy atom. The van der Waals surface area contributed by atoms with Gasteiger partial charge in [-0.3, -0.25) is 0 Å². The summed E-state index contributed by atoms with van der Waals surface area (Å²) in [6, 6.07) is 14.0. The van der Waals surface area contributed by atoms with Crippen molar-refractivity contribution in [1.82, 2.24) is 4.90 Å². The fourth-order valence-corrected chi connectivity index (χ4v) is 4.28. The van der Waals surface area contributed by atoms with Crippen LogP contribution in [-0.2, 0) is 14.8 Å². The fraction of sp³-hybridized carbons (Fsp3) is 0.259. The van der Waals surface area contributed by atoms with E-state index < -0.39 is 22.1 Å². The summed E-state index contributed by atoms with van der Waals surface area (Å²) < 4.78 is 45.6. The SMILES string of the molecule is C=C1/C=C\C=C/CS(=O)(=O)/N=C\1N(C)CC(COc1ccc(OC)cc1)OC(=O)c1ccc(C)cc1. The Bertz CT molecular complexity index is 1260. The van der Waals surface area contributed by atoms with Gasteiger partial charge in [0.2, 0.25) is 0 Å². The number of likely N-dealkylation sites (N-methyl/N-ethyl adjacent to an activating group) is 1. The molecule has 2 aromatic rings. The Morgan fingerprint density at radius 1 is 1.08 bits per heavy atom. The maximum atomic E-state index is 12.9. The van der Waals surface area contributed by atoms with Gasteiger partial charge in [-0.25, -0.2) is 13.2 Å². The molecule has 1 aliphatic rings. The van der Waals surface area contributed by atoms with Crippen molar-refractivity contribution in [3.63, 3.8) is 0 Å². The van der Waals surface area contributed by atoms with Crippen molar-refractivity contribution in [2.75, 3.05) is 33.1 Å². The number of carbonyl (C=O) groups excluding carboxylic acids is 1. The molecule has 0 bridgehead atoms. The third-order valence-corrected chi connectivity index (χ3v) is 6.32. The molecule has 0 saturated heterocycles. The van der Waals surface area contributed by atoms with Crippen molar-refractivity contribution >= 4 is 21.8 Å². The van der Waals surface area contributed by atoms with Gasteiger partial charge in [-0.1, -0.05) is 48.6 Å². The fourth-order valence-electron chi connectivity index (χ4n) is 3.33. The highest BCUT2D eigenvalue weighted by Gasteiger charge is 2.23. The minimum absolute atomic E-state index is 0.0260. The van der Waals surface area contributed by atoms with E-state index in [-0.39, 0.29) is 24.7 Å². The number of aryl methyl sites for hydroxylation is 1. The first-order chi connectivity index (χ1) is 17.2. The number of allylic oxidation sites excluding steroid dienone is 2. The summed E-state index contributed by atoms with van der Waals surface area (Å²) in [5, 5.41) is 0. The standard InChI is InChI=1S/C27H30N2O6S/c1-20-9-11-22(12-10-20)27(30)35-25(19-34-24-15-13-23(33-4)14-16-24)18-29(3)26-21(2)8-6-5-7-17-36(31,32)28-26/h5-16,25H,2,17-19H2,1,3-4H3/b7-5-,8-6-,28-26+. The van der Waals surface area contributed by atoms with Crippen molar-refractivity contribution in [1.29, 1.82) is 0 Å². The summed E-state index contributed by atoms with van der Waals surface area (Å²) in [5.74, 6) is 0.670. The zero-order valence-corrected chi connectivity index (χ0v) is 21.4. The number of hydrogen-bond acceptors (Lipinski definition) is 7.